The van der Waals surface area contributed by atoms with Crippen LogP contribution in [0.25, 0.3) is 10.9 Å². The number of carbonyl (C=O) groups is 2. The second-order valence-corrected chi connectivity index (χ2v) is 10.9. The molecule has 2 amide bonds. The van der Waals surface area contributed by atoms with Crippen LogP contribution in [0.2, 0.25) is 0 Å². The molecule has 4 heterocycles. The molecular weight excluding hydrogens is 464 g/mol. The lowest BCUT2D eigenvalue weighted by Gasteiger charge is -2.47. The number of aromatic nitrogens is 1. The minimum atomic E-state index is -0.480. The van der Waals surface area contributed by atoms with Crippen LogP contribution in [0.1, 0.15) is 54.6 Å². The summed E-state index contributed by atoms with van der Waals surface area (Å²) in [7, 11) is 0. The third-order valence-corrected chi connectivity index (χ3v) is 8.27. The van der Waals surface area contributed by atoms with Gasteiger partial charge in [0, 0.05) is 49.2 Å². The summed E-state index contributed by atoms with van der Waals surface area (Å²) in [5.74, 6) is 0.528. The summed E-state index contributed by atoms with van der Waals surface area (Å²) in [6.07, 6.45) is 1.41. The number of para-hydroxylation sites is 1. The number of piperazine rings is 1. The highest BCUT2D eigenvalue weighted by atomic mass is 16.5. The van der Waals surface area contributed by atoms with E-state index in [2.05, 4.69) is 60.1 Å². The average Bonchev–Trinajstić information content (AvgIpc) is 3.29. The quantitative estimate of drug-likeness (QED) is 0.561. The van der Waals surface area contributed by atoms with E-state index in [-0.39, 0.29) is 24.4 Å². The van der Waals surface area contributed by atoms with E-state index < -0.39 is 6.04 Å². The molecule has 3 aliphatic heterocycles. The van der Waals surface area contributed by atoms with Gasteiger partial charge in [0.05, 0.1) is 25.8 Å². The predicted molar refractivity (Wildman–Crippen MR) is 143 cm³/mol. The Kier molecular flexibility index (Phi) is 6.51. The standard InChI is InChI=1S/C30H36N4O3/c1-20(2)21-8-10-22(11-9-21)29-28-24(23-6-3-4-7-25(23)31-28)18-26-30(36)33(19-27(35)34(26)29)13-5-12-32-14-16-37-17-15-32/h3-4,6-11,20,26,29,31H,5,12-19H2,1-2H3. The molecule has 2 atom stereocenters. The average molecular weight is 501 g/mol. The van der Waals surface area contributed by atoms with Crippen LogP contribution in [0.4, 0.5) is 0 Å². The van der Waals surface area contributed by atoms with Gasteiger partial charge in [0.1, 0.15) is 6.04 Å². The second-order valence-electron chi connectivity index (χ2n) is 10.9. The van der Waals surface area contributed by atoms with Crippen molar-refractivity contribution in [2.24, 2.45) is 0 Å². The number of rotatable bonds is 6. The predicted octanol–water partition coefficient (Wildman–Crippen LogP) is 3.70. The number of carbonyl (C=O) groups excluding carboxylic acids is 2. The van der Waals surface area contributed by atoms with Crippen molar-refractivity contribution < 1.29 is 14.3 Å². The number of hydrogen-bond acceptors (Lipinski definition) is 4. The molecule has 0 radical (unpaired) electrons. The first-order valence-electron chi connectivity index (χ1n) is 13.6. The zero-order chi connectivity index (χ0) is 25.5. The van der Waals surface area contributed by atoms with E-state index in [0.29, 0.717) is 18.9 Å². The van der Waals surface area contributed by atoms with Crippen LogP contribution in [0.3, 0.4) is 0 Å². The lowest BCUT2D eigenvalue weighted by atomic mass is 9.85. The molecule has 0 bridgehead atoms. The Hall–Kier alpha value is -3.16. The summed E-state index contributed by atoms with van der Waals surface area (Å²) in [6.45, 7) is 9.45. The van der Waals surface area contributed by atoms with Crippen LogP contribution < -0.4 is 0 Å². The summed E-state index contributed by atoms with van der Waals surface area (Å²) in [5, 5.41) is 1.14. The molecule has 2 aromatic carbocycles. The summed E-state index contributed by atoms with van der Waals surface area (Å²) in [6, 6.07) is 16.0. The maximum absolute atomic E-state index is 13.9. The van der Waals surface area contributed by atoms with E-state index in [1.54, 1.807) is 4.90 Å². The number of H-pyrrole nitrogens is 1. The van der Waals surface area contributed by atoms with Crippen LogP contribution in [-0.4, -0.2) is 83.5 Å². The SMILES string of the molecule is CC(C)c1ccc(C2c3[nH]c4ccccc4c3CC3C(=O)N(CCCN4CCOCC4)CC(=O)N32)cc1. The first-order chi connectivity index (χ1) is 18.0. The molecule has 7 heteroatoms. The zero-order valence-corrected chi connectivity index (χ0v) is 21.8. The number of benzene rings is 2. The minimum Gasteiger partial charge on any atom is -0.379 e. The first kappa shape index (κ1) is 24.2. The highest BCUT2D eigenvalue weighted by Crippen LogP contribution is 2.42. The van der Waals surface area contributed by atoms with Crippen molar-refractivity contribution in [3.05, 3.63) is 70.9 Å². The Balaban J connectivity index is 1.31. The van der Waals surface area contributed by atoms with Gasteiger partial charge in [-0.25, -0.2) is 0 Å². The summed E-state index contributed by atoms with van der Waals surface area (Å²) < 4.78 is 5.44. The molecule has 6 rings (SSSR count). The van der Waals surface area contributed by atoms with Crippen LogP contribution in [0.5, 0.6) is 0 Å². The maximum atomic E-state index is 13.9. The molecule has 0 aliphatic carbocycles. The van der Waals surface area contributed by atoms with Crippen molar-refractivity contribution in [3.63, 3.8) is 0 Å². The van der Waals surface area contributed by atoms with E-state index in [9.17, 15) is 9.59 Å². The van der Waals surface area contributed by atoms with Gasteiger partial charge in [-0.05, 0) is 35.1 Å². The van der Waals surface area contributed by atoms with Crippen molar-refractivity contribution in [2.75, 3.05) is 45.9 Å². The van der Waals surface area contributed by atoms with Crippen molar-refractivity contribution in [1.82, 2.24) is 19.7 Å². The molecule has 2 fully saturated rings. The molecule has 1 N–H and O–H groups in total. The molecule has 7 nitrogen and oxygen atoms in total. The number of fused-ring (bicyclic) bond motifs is 4. The van der Waals surface area contributed by atoms with Crippen molar-refractivity contribution >= 4 is 22.7 Å². The smallest absolute Gasteiger partial charge is 0.246 e. The van der Waals surface area contributed by atoms with E-state index >= 15 is 0 Å². The highest BCUT2D eigenvalue weighted by Gasteiger charge is 2.48. The lowest BCUT2D eigenvalue weighted by molar-refractivity contribution is -0.158. The summed E-state index contributed by atoms with van der Waals surface area (Å²) in [5.41, 5.74) is 5.56. The molecule has 0 spiro atoms. The monoisotopic (exact) mass is 500 g/mol. The fourth-order valence-corrected chi connectivity index (χ4v) is 6.23. The van der Waals surface area contributed by atoms with Gasteiger partial charge in [0.2, 0.25) is 11.8 Å². The Bertz CT molecular complexity index is 1290. The maximum Gasteiger partial charge on any atom is 0.246 e. The number of nitrogens with zero attached hydrogens (tertiary/aromatic N) is 3. The van der Waals surface area contributed by atoms with Gasteiger partial charge in [0.25, 0.3) is 0 Å². The number of amides is 2. The molecule has 2 unspecified atom stereocenters. The van der Waals surface area contributed by atoms with Gasteiger partial charge in [-0.15, -0.1) is 0 Å². The van der Waals surface area contributed by atoms with E-state index in [1.165, 1.54) is 5.56 Å². The fourth-order valence-electron chi connectivity index (χ4n) is 6.23. The third kappa shape index (κ3) is 4.44. The molecule has 194 valence electrons. The Morgan fingerprint density at radius 1 is 1.00 bits per heavy atom. The first-order valence-corrected chi connectivity index (χ1v) is 13.6. The molecular formula is C30H36N4O3. The number of aromatic amines is 1. The number of nitrogens with one attached hydrogen (secondary N) is 1. The van der Waals surface area contributed by atoms with Gasteiger partial charge in [-0.3, -0.25) is 14.5 Å². The van der Waals surface area contributed by atoms with Gasteiger partial charge in [-0.1, -0.05) is 56.3 Å². The van der Waals surface area contributed by atoms with Crippen molar-refractivity contribution in [1.29, 1.82) is 0 Å². The Labute approximate surface area is 218 Å². The van der Waals surface area contributed by atoms with E-state index in [1.807, 2.05) is 17.0 Å². The number of ether oxygens (including phenoxy) is 1. The lowest BCUT2D eigenvalue weighted by Crippen LogP contribution is -2.63. The van der Waals surface area contributed by atoms with E-state index in [4.69, 9.17) is 4.74 Å². The summed E-state index contributed by atoms with van der Waals surface area (Å²) >= 11 is 0. The molecule has 3 aromatic rings. The highest BCUT2D eigenvalue weighted by molar-refractivity contribution is 5.97. The van der Waals surface area contributed by atoms with Crippen LogP contribution in [0, 0.1) is 0 Å². The Morgan fingerprint density at radius 2 is 1.76 bits per heavy atom. The van der Waals surface area contributed by atoms with Gasteiger partial charge >= 0.3 is 0 Å². The van der Waals surface area contributed by atoms with Crippen molar-refractivity contribution in [3.8, 4) is 0 Å². The largest absolute Gasteiger partial charge is 0.379 e. The third-order valence-electron chi connectivity index (χ3n) is 8.27. The fraction of sp³-hybridized carbons (Fsp3) is 0.467. The topological polar surface area (TPSA) is 68.9 Å². The summed E-state index contributed by atoms with van der Waals surface area (Å²) in [4.78, 5) is 37.2. The van der Waals surface area contributed by atoms with Crippen LogP contribution in [0.15, 0.2) is 48.5 Å². The van der Waals surface area contributed by atoms with Gasteiger partial charge < -0.3 is 19.5 Å². The van der Waals surface area contributed by atoms with Gasteiger partial charge in [-0.2, -0.15) is 0 Å². The van der Waals surface area contributed by atoms with Crippen LogP contribution in [-0.2, 0) is 20.7 Å². The number of hydrogen-bond donors (Lipinski definition) is 1. The molecule has 0 saturated carbocycles. The molecule has 2 saturated heterocycles. The molecule has 3 aliphatic rings. The normalized spacial score (nSPS) is 22.6. The van der Waals surface area contributed by atoms with Gasteiger partial charge in [0.15, 0.2) is 0 Å². The van der Waals surface area contributed by atoms with Crippen LogP contribution >= 0.6 is 0 Å². The molecule has 37 heavy (non-hydrogen) atoms. The molecule has 1 aromatic heterocycles. The second kappa shape index (κ2) is 9.95. The van der Waals surface area contributed by atoms with E-state index in [0.717, 1.165) is 67.0 Å². The zero-order valence-electron chi connectivity index (χ0n) is 21.8. The minimum absolute atomic E-state index is 0.0261. The van der Waals surface area contributed by atoms with Crippen molar-refractivity contribution in [2.45, 2.75) is 44.7 Å². The number of morpholine rings is 1. The Morgan fingerprint density at radius 3 is 2.51 bits per heavy atom.